The number of rotatable bonds is 1. The van der Waals surface area contributed by atoms with Crippen molar-refractivity contribution < 1.29 is 13.6 Å². The summed E-state index contributed by atoms with van der Waals surface area (Å²) in [6.45, 7) is 1.56. The van der Waals surface area contributed by atoms with E-state index in [1.54, 1.807) is 0 Å². The van der Waals surface area contributed by atoms with E-state index in [2.05, 4.69) is 5.32 Å². The van der Waals surface area contributed by atoms with E-state index in [9.17, 15) is 13.6 Å². The van der Waals surface area contributed by atoms with E-state index in [-0.39, 0.29) is 24.7 Å². The number of halogens is 2. The summed E-state index contributed by atoms with van der Waals surface area (Å²) in [6, 6.07) is 0.972. The Hall–Kier alpha value is -0.710. The quantitative estimate of drug-likeness (QED) is 0.793. The van der Waals surface area contributed by atoms with E-state index in [1.165, 1.54) is 6.42 Å². The highest BCUT2D eigenvalue weighted by Gasteiger charge is 2.40. The summed E-state index contributed by atoms with van der Waals surface area (Å²) >= 11 is 0. The van der Waals surface area contributed by atoms with Crippen LogP contribution < -0.4 is 5.32 Å². The van der Waals surface area contributed by atoms with E-state index in [4.69, 9.17) is 0 Å². The van der Waals surface area contributed by atoms with Crippen LogP contribution in [-0.4, -0.2) is 41.9 Å². The van der Waals surface area contributed by atoms with Crippen LogP contribution in [0, 0.1) is 5.92 Å². The molecule has 108 valence electrons. The molecule has 2 atom stereocenters. The van der Waals surface area contributed by atoms with E-state index in [0.29, 0.717) is 24.9 Å². The third-order valence-corrected chi connectivity index (χ3v) is 4.90. The summed E-state index contributed by atoms with van der Waals surface area (Å²) in [4.78, 5) is 14.4. The number of hydrogen-bond acceptors (Lipinski definition) is 2. The molecule has 0 spiro atoms. The van der Waals surface area contributed by atoms with Gasteiger partial charge in [-0.05, 0) is 32.1 Å². The van der Waals surface area contributed by atoms with Crippen molar-refractivity contribution in [2.24, 2.45) is 5.92 Å². The minimum Gasteiger partial charge on any atom is -0.341 e. The summed E-state index contributed by atoms with van der Waals surface area (Å²) in [5.74, 6) is -2.60. The van der Waals surface area contributed by atoms with E-state index >= 15 is 0 Å². The van der Waals surface area contributed by atoms with Crippen molar-refractivity contribution in [2.75, 3.05) is 13.1 Å². The number of nitrogens with one attached hydrogen (secondary N) is 1. The fraction of sp³-hybridized carbons (Fsp3) is 0.929. The molecule has 5 heteroatoms. The number of fused-ring (bicyclic) bond motifs is 2. The van der Waals surface area contributed by atoms with Crippen LogP contribution in [-0.2, 0) is 4.79 Å². The second-order valence-electron chi connectivity index (χ2n) is 6.34. The number of amides is 1. The third-order valence-electron chi connectivity index (χ3n) is 4.90. The highest BCUT2D eigenvalue weighted by molar-refractivity contribution is 5.79. The van der Waals surface area contributed by atoms with Crippen LogP contribution in [0.3, 0.4) is 0 Å². The van der Waals surface area contributed by atoms with Crippen molar-refractivity contribution in [3.63, 3.8) is 0 Å². The number of carbonyl (C=O) groups excluding carboxylic acids is 1. The lowest BCUT2D eigenvalue weighted by Gasteiger charge is -2.32. The predicted octanol–water partition coefficient (Wildman–Crippen LogP) is 2.16. The first-order valence-corrected chi connectivity index (χ1v) is 7.46. The van der Waals surface area contributed by atoms with Crippen LogP contribution in [0.4, 0.5) is 8.78 Å². The zero-order valence-electron chi connectivity index (χ0n) is 11.2. The largest absolute Gasteiger partial charge is 0.341 e. The molecule has 1 saturated carbocycles. The molecule has 3 rings (SSSR count). The molecule has 1 amide bonds. The van der Waals surface area contributed by atoms with E-state index in [0.717, 1.165) is 25.9 Å². The zero-order chi connectivity index (χ0) is 13.5. The first-order chi connectivity index (χ1) is 9.03. The molecule has 2 bridgehead atoms. The van der Waals surface area contributed by atoms with Gasteiger partial charge in [-0.2, -0.15) is 0 Å². The summed E-state index contributed by atoms with van der Waals surface area (Å²) < 4.78 is 26.3. The van der Waals surface area contributed by atoms with Gasteiger partial charge in [-0.3, -0.25) is 4.79 Å². The fourth-order valence-electron chi connectivity index (χ4n) is 3.69. The second-order valence-corrected chi connectivity index (χ2v) is 6.34. The Kier molecular flexibility index (Phi) is 3.50. The van der Waals surface area contributed by atoms with Crippen LogP contribution in [0.5, 0.6) is 0 Å². The summed E-state index contributed by atoms with van der Waals surface area (Å²) in [5.41, 5.74) is 0. The topological polar surface area (TPSA) is 32.3 Å². The average Bonchev–Trinajstić information content (AvgIpc) is 2.68. The van der Waals surface area contributed by atoms with Gasteiger partial charge in [-0.15, -0.1) is 0 Å². The van der Waals surface area contributed by atoms with Gasteiger partial charge in [0.2, 0.25) is 11.8 Å². The van der Waals surface area contributed by atoms with Gasteiger partial charge in [-0.25, -0.2) is 8.78 Å². The van der Waals surface area contributed by atoms with Crippen LogP contribution in [0.25, 0.3) is 0 Å². The zero-order valence-corrected chi connectivity index (χ0v) is 11.2. The first-order valence-electron chi connectivity index (χ1n) is 7.46. The number of likely N-dealkylation sites (tertiary alicyclic amines) is 1. The lowest BCUT2D eigenvalue weighted by molar-refractivity contribution is -0.139. The molecule has 2 heterocycles. The second kappa shape index (κ2) is 5.00. The lowest BCUT2D eigenvalue weighted by Crippen LogP contribution is -2.43. The molecule has 2 aliphatic heterocycles. The highest BCUT2D eigenvalue weighted by atomic mass is 19.3. The molecule has 1 N–H and O–H groups in total. The number of alkyl halides is 2. The van der Waals surface area contributed by atoms with Crippen molar-refractivity contribution in [1.82, 2.24) is 10.2 Å². The van der Waals surface area contributed by atoms with E-state index in [1.807, 2.05) is 4.90 Å². The first kappa shape index (κ1) is 13.3. The van der Waals surface area contributed by atoms with Gasteiger partial charge in [0.1, 0.15) is 0 Å². The standard InChI is InChI=1S/C14H22F2N2O/c15-14(16)6-3-10(4-7-14)13(19)18-8-5-11-1-2-12(9-18)17-11/h10-12,17H,1-9H2. The Morgan fingerprint density at radius 1 is 1.05 bits per heavy atom. The molecule has 0 aromatic rings. The Bertz CT molecular complexity index is 351. The molecule has 0 aromatic heterocycles. The van der Waals surface area contributed by atoms with E-state index < -0.39 is 5.92 Å². The van der Waals surface area contributed by atoms with Crippen molar-refractivity contribution in [3.05, 3.63) is 0 Å². The molecular weight excluding hydrogens is 250 g/mol. The van der Waals surface area contributed by atoms with Crippen LogP contribution in [0.15, 0.2) is 0 Å². The smallest absolute Gasteiger partial charge is 0.248 e. The Morgan fingerprint density at radius 2 is 1.74 bits per heavy atom. The molecule has 2 saturated heterocycles. The van der Waals surface area contributed by atoms with Gasteiger partial charge in [0.25, 0.3) is 0 Å². The van der Waals surface area contributed by atoms with Crippen molar-refractivity contribution in [3.8, 4) is 0 Å². The number of carbonyl (C=O) groups is 1. The molecule has 3 nitrogen and oxygen atoms in total. The van der Waals surface area contributed by atoms with Crippen molar-refractivity contribution in [2.45, 2.75) is 63.0 Å². The maximum absolute atomic E-state index is 13.1. The minimum atomic E-state index is -2.55. The highest BCUT2D eigenvalue weighted by Crippen LogP contribution is 2.37. The average molecular weight is 272 g/mol. The van der Waals surface area contributed by atoms with Crippen molar-refractivity contribution in [1.29, 1.82) is 0 Å². The van der Waals surface area contributed by atoms with Gasteiger partial charge >= 0.3 is 0 Å². The summed E-state index contributed by atoms with van der Waals surface area (Å²) in [5, 5.41) is 3.54. The maximum atomic E-state index is 13.1. The molecule has 0 aromatic carbocycles. The van der Waals surface area contributed by atoms with Crippen LogP contribution in [0.1, 0.15) is 44.9 Å². The molecule has 2 unspecified atom stereocenters. The van der Waals surface area contributed by atoms with Gasteiger partial charge in [-0.1, -0.05) is 0 Å². The SMILES string of the molecule is O=C(C1CCC(F)(F)CC1)N1CCC2CCC(C1)N2. The number of hydrogen-bond donors (Lipinski definition) is 1. The Balaban J connectivity index is 1.58. The fourth-order valence-corrected chi connectivity index (χ4v) is 3.69. The summed E-state index contributed by atoms with van der Waals surface area (Å²) in [7, 11) is 0. The van der Waals surface area contributed by atoms with Crippen molar-refractivity contribution >= 4 is 5.91 Å². The summed E-state index contributed by atoms with van der Waals surface area (Å²) in [6.07, 6.45) is 3.81. The van der Waals surface area contributed by atoms with Gasteiger partial charge in [0.15, 0.2) is 0 Å². The Labute approximate surface area is 112 Å². The van der Waals surface area contributed by atoms with Crippen LogP contribution >= 0.6 is 0 Å². The number of nitrogens with zero attached hydrogens (tertiary/aromatic N) is 1. The molecule has 0 radical (unpaired) electrons. The minimum absolute atomic E-state index is 0.116. The molecular formula is C14H22F2N2O. The monoisotopic (exact) mass is 272 g/mol. The molecule has 3 fully saturated rings. The molecule has 3 aliphatic rings. The Morgan fingerprint density at radius 3 is 2.47 bits per heavy atom. The third kappa shape index (κ3) is 2.91. The van der Waals surface area contributed by atoms with Gasteiger partial charge in [0.05, 0.1) is 0 Å². The lowest BCUT2D eigenvalue weighted by atomic mass is 9.85. The molecule has 1 aliphatic carbocycles. The maximum Gasteiger partial charge on any atom is 0.248 e. The van der Waals surface area contributed by atoms with Gasteiger partial charge < -0.3 is 10.2 Å². The van der Waals surface area contributed by atoms with Gasteiger partial charge in [0, 0.05) is 43.9 Å². The van der Waals surface area contributed by atoms with Crippen LogP contribution in [0.2, 0.25) is 0 Å². The normalized spacial score (nSPS) is 35.2. The predicted molar refractivity (Wildman–Crippen MR) is 68.0 cm³/mol. The molecule has 19 heavy (non-hydrogen) atoms.